The molecule has 2 rings (SSSR count). The van der Waals surface area contributed by atoms with Crippen molar-refractivity contribution in [1.29, 1.82) is 0 Å². The highest BCUT2D eigenvalue weighted by Crippen LogP contribution is 2.17. The van der Waals surface area contributed by atoms with Gasteiger partial charge in [0.05, 0.1) is 25.8 Å². The molecule has 1 N–H and O–H groups in total. The van der Waals surface area contributed by atoms with E-state index >= 15 is 0 Å². The smallest absolute Gasteiger partial charge is 0.357 e. The second-order valence-electron chi connectivity index (χ2n) is 6.07. The van der Waals surface area contributed by atoms with Crippen LogP contribution in [0.2, 0.25) is 0 Å². The summed E-state index contributed by atoms with van der Waals surface area (Å²) >= 11 is 1.29. The highest BCUT2D eigenvalue weighted by Gasteiger charge is 2.20. The summed E-state index contributed by atoms with van der Waals surface area (Å²) in [6, 6.07) is 6.06. The molecular formula is C19H23N3O5S. The van der Waals surface area contributed by atoms with Gasteiger partial charge in [-0.3, -0.25) is 0 Å². The number of nitrogens with one attached hydrogen (secondary N) is 1. The van der Waals surface area contributed by atoms with E-state index in [9.17, 15) is 14.4 Å². The van der Waals surface area contributed by atoms with Crippen molar-refractivity contribution < 1.29 is 23.9 Å². The van der Waals surface area contributed by atoms with E-state index in [1.54, 1.807) is 41.5 Å². The van der Waals surface area contributed by atoms with Gasteiger partial charge < -0.3 is 19.7 Å². The Bertz CT molecular complexity index is 832. The number of rotatable bonds is 7. The SMILES string of the molecule is CCOC(=O)c1ccc(NC(=O)N(Cc2nc(C(=O)OC)cs2)C(C)C)cc1. The Hall–Kier alpha value is -2.94. The van der Waals surface area contributed by atoms with Crippen molar-refractivity contribution in [3.05, 3.63) is 45.9 Å². The molecule has 0 saturated carbocycles. The number of esters is 2. The zero-order valence-corrected chi connectivity index (χ0v) is 17.0. The van der Waals surface area contributed by atoms with E-state index in [4.69, 9.17) is 4.74 Å². The first-order valence-corrected chi connectivity index (χ1v) is 9.61. The number of anilines is 1. The average molecular weight is 405 g/mol. The van der Waals surface area contributed by atoms with Crippen LogP contribution >= 0.6 is 11.3 Å². The molecule has 28 heavy (non-hydrogen) atoms. The molecule has 1 aromatic carbocycles. The third-order valence-electron chi connectivity index (χ3n) is 3.78. The third-order valence-corrected chi connectivity index (χ3v) is 4.62. The molecule has 8 nitrogen and oxygen atoms in total. The van der Waals surface area contributed by atoms with Crippen LogP contribution in [-0.2, 0) is 16.0 Å². The van der Waals surface area contributed by atoms with Crippen molar-refractivity contribution in [2.45, 2.75) is 33.4 Å². The number of thiazole rings is 1. The summed E-state index contributed by atoms with van der Waals surface area (Å²) in [5, 5.41) is 5.03. The zero-order chi connectivity index (χ0) is 20.7. The lowest BCUT2D eigenvalue weighted by molar-refractivity contribution is 0.0525. The summed E-state index contributed by atoms with van der Waals surface area (Å²) in [5.74, 6) is -0.917. The maximum atomic E-state index is 12.7. The predicted octanol–water partition coefficient (Wildman–Crippen LogP) is 3.55. The first-order chi connectivity index (χ1) is 13.3. The first kappa shape index (κ1) is 21.4. The summed E-state index contributed by atoms with van der Waals surface area (Å²) in [6.07, 6.45) is 0. The quantitative estimate of drug-likeness (QED) is 0.708. The molecule has 0 aliphatic rings. The van der Waals surface area contributed by atoms with Crippen LogP contribution in [0.15, 0.2) is 29.6 Å². The van der Waals surface area contributed by atoms with Gasteiger partial charge >= 0.3 is 18.0 Å². The van der Waals surface area contributed by atoms with Gasteiger partial charge in [-0.15, -0.1) is 11.3 Å². The topological polar surface area (TPSA) is 97.8 Å². The van der Waals surface area contributed by atoms with Gasteiger partial charge in [0.1, 0.15) is 5.01 Å². The van der Waals surface area contributed by atoms with E-state index in [1.807, 2.05) is 13.8 Å². The fraction of sp³-hybridized carbons (Fsp3) is 0.368. The predicted molar refractivity (Wildman–Crippen MR) is 106 cm³/mol. The van der Waals surface area contributed by atoms with Crippen LogP contribution in [0.25, 0.3) is 0 Å². The minimum Gasteiger partial charge on any atom is -0.464 e. The molecule has 2 amide bonds. The summed E-state index contributed by atoms with van der Waals surface area (Å²) in [7, 11) is 1.29. The van der Waals surface area contributed by atoms with Crippen LogP contribution in [0, 0.1) is 0 Å². The molecule has 0 bridgehead atoms. The van der Waals surface area contributed by atoms with Crippen molar-refractivity contribution in [1.82, 2.24) is 9.88 Å². The second-order valence-corrected chi connectivity index (χ2v) is 7.01. The fourth-order valence-electron chi connectivity index (χ4n) is 2.32. The lowest BCUT2D eigenvalue weighted by Gasteiger charge is -2.26. The van der Waals surface area contributed by atoms with Crippen LogP contribution in [-0.4, -0.2) is 47.6 Å². The Balaban J connectivity index is 2.05. The molecule has 0 saturated heterocycles. The van der Waals surface area contributed by atoms with Gasteiger partial charge in [-0.25, -0.2) is 19.4 Å². The molecule has 1 aromatic heterocycles. The Morgan fingerprint density at radius 3 is 2.43 bits per heavy atom. The van der Waals surface area contributed by atoms with Gasteiger partial charge in [-0.2, -0.15) is 0 Å². The molecule has 0 unspecified atom stereocenters. The van der Waals surface area contributed by atoms with Crippen molar-refractivity contribution in [3.8, 4) is 0 Å². The van der Waals surface area contributed by atoms with Gasteiger partial charge in [0.15, 0.2) is 5.69 Å². The number of amides is 2. The number of benzene rings is 1. The zero-order valence-electron chi connectivity index (χ0n) is 16.2. The van der Waals surface area contributed by atoms with Gasteiger partial charge in [0.2, 0.25) is 0 Å². The minimum absolute atomic E-state index is 0.0933. The van der Waals surface area contributed by atoms with E-state index in [0.29, 0.717) is 22.9 Å². The molecule has 2 aromatic rings. The number of carbonyl (C=O) groups excluding carboxylic acids is 3. The second kappa shape index (κ2) is 9.84. The van der Waals surface area contributed by atoms with E-state index in [-0.39, 0.29) is 24.3 Å². The third kappa shape index (κ3) is 5.53. The number of aromatic nitrogens is 1. The normalized spacial score (nSPS) is 10.5. The molecule has 0 fully saturated rings. The standard InChI is InChI=1S/C19H23N3O5S/c1-5-27-17(23)13-6-8-14(9-7-13)20-19(25)22(12(2)3)10-16-21-15(11-28-16)18(24)26-4/h6-9,11-12H,5,10H2,1-4H3,(H,20,25). The lowest BCUT2D eigenvalue weighted by atomic mass is 10.2. The largest absolute Gasteiger partial charge is 0.464 e. The molecule has 0 aliphatic heterocycles. The van der Waals surface area contributed by atoms with Crippen LogP contribution < -0.4 is 5.32 Å². The molecular weight excluding hydrogens is 382 g/mol. The van der Waals surface area contributed by atoms with Crippen LogP contribution in [0.3, 0.4) is 0 Å². The monoisotopic (exact) mass is 405 g/mol. The number of hydrogen-bond donors (Lipinski definition) is 1. The molecule has 150 valence electrons. The van der Waals surface area contributed by atoms with Crippen molar-refractivity contribution in [2.75, 3.05) is 19.0 Å². The molecule has 1 heterocycles. The highest BCUT2D eigenvalue weighted by atomic mass is 32.1. The van der Waals surface area contributed by atoms with Crippen LogP contribution in [0.1, 0.15) is 46.6 Å². The van der Waals surface area contributed by atoms with Crippen molar-refractivity contribution in [2.24, 2.45) is 0 Å². The lowest BCUT2D eigenvalue weighted by Crippen LogP contribution is -2.39. The molecule has 0 aliphatic carbocycles. The van der Waals surface area contributed by atoms with Crippen molar-refractivity contribution in [3.63, 3.8) is 0 Å². The molecule has 0 atom stereocenters. The van der Waals surface area contributed by atoms with Gasteiger partial charge in [0, 0.05) is 17.1 Å². The number of hydrogen-bond acceptors (Lipinski definition) is 7. The van der Waals surface area contributed by atoms with E-state index in [2.05, 4.69) is 15.0 Å². The van der Waals surface area contributed by atoms with E-state index < -0.39 is 11.9 Å². The first-order valence-electron chi connectivity index (χ1n) is 8.73. The summed E-state index contributed by atoms with van der Waals surface area (Å²) < 4.78 is 9.59. The molecule has 0 spiro atoms. The molecule has 9 heteroatoms. The minimum atomic E-state index is -0.510. The maximum absolute atomic E-state index is 12.7. The van der Waals surface area contributed by atoms with Crippen LogP contribution in [0.5, 0.6) is 0 Å². The summed E-state index contributed by atoms with van der Waals surface area (Å²) in [5.41, 5.74) is 1.19. The van der Waals surface area contributed by atoms with E-state index in [0.717, 1.165) is 0 Å². The number of nitrogens with zero attached hydrogens (tertiary/aromatic N) is 2. The number of urea groups is 1. The summed E-state index contributed by atoms with van der Waals surface area (Å²) in [4.78, 5) is 41.7. The number of ether oxygens (including phenoxy) is 2. The van der Waals surface area contributed by atoms with Crippen LogP contribution in [0.4, 0.5) is 10.5 Å². The Morgan fingerprint density at radius 2 is 1.86 bits per heavy atom. The average Bonchev–Trinajstić information content (AvgIpc) is 3.14. The highest BCUT2D eigenvalue weighted by molar-refractivity contribution is 7.09. The van der Waals surface area contributed by atoms with Crippen molar-refractivity contribution >= 4 is 35.0 Å². The Kier molecular flexibility index (Phi) is 7.51. The number of methoxy groups -OCH3 is 1. The van der Waals surface area contributed by atoms with Gasteiger partial charge in [0.25, 0.3) is 0 Å². The Morgan fingerprint density at radius 1 is 1.18 bits per heavy atom. The Labute approximate surface area is 167 Å². The van der Waals surface area contributed by atoms with Gasteiger partial charge in [-0.05, 0) is 45.0 Å². The maximum Gasteiger partial charge on any atom is 0.357 e. The van der Waals surface area contributed by atoms with Gasteiger partial charge in [-0.1, -0.05) is 0 Å². The van der Waals surface area contributed by atoms with E-state index in [1.165, 1.54) is 18.4 Å². The number of carbonyl (C=O) groups is 3. The molecule has 0 radical (unpaired) electrons. The fourth-order valence-corrected chi connectivity index (χ4v) is 3.08. The summed E-state index contributed by atoms with van der Waals surface area (Å²) in [6.45, 7) is 6.07.